The Morgan fingerprint density at radius 1 is 1.07 bits per heavy atom. The smallest absolute Gasteiger partial charge is 0.268 e. The molecule has 3 rings (SSSR count). The second kappa shape index (κ2) is 9.50. The third kappa shape index (κ3) is 4.39. The van der Waals surface area contributed by atoms with Crippen LogP contribution in [0.15, 0.2) is 42.5 Å². The van der Waals surface area contributed by atoms with E-state index in [-0.39, 0.29) is 5.91 Å². The average Bonchev–Trinajstić information content (AvgIpc) is 3.04. The van der Waals surface area contributed by atoms with Gasteiger partial charge in [-0.15, -0.1) is 0 Å². The molecule has 154 valence electrons. The Kier molecular flexibility index (Phi) is 6.81. The van der Waals surface area contributed by atoms with Crippen molar-refractivity contribution in [1.82, 2.24) is 9.88 Å². The maximum absolute atomic E-state index is 13.1. The van der Waals surface area contributed by atoms with Gasteiger partial charge in [-0.1, -0.05) is 37.6 Å². The van der Waals surface area contributed by atoms with Gasteiger partial charge in [0.2, 0.25) is 0 Å². The standard InChI is InChI=1S/C24H30N2O3/c1-5-6-15-26-20-10-8-7-9-19(20)17(2)23(26)24(27)25-14-13-18-11-12-21(28-3)22(16-18)29-4/h7-12,16H,5-6,13-15H2,1-4H3,(H,25,27). The van der Waals surface area contributed by atoms with Gasteiger partial charge in [0.15, 0.2) is 11.5 Å². The molecule has 0 fully saturated rings. The van der Waals surface area contributed by atoms with Crippen LogP contribution in [0.1, 0.15) is 41.4 Å². The van der Waals surface area contributed by atoms with Crippen molar-refractivity contribution >= 4 is 16.8 Å². The minimum absolute atomic E-state index is 0.0183. The topological polar surface area (TPSA) is 52.5 Å². The zero-order valence-corrected chi connectivity index (χ0v) is 17.7. The summed E-state index contributed by atoms with van der Waals surface area (Å²) in [7, 11) is 3.25. The van der Waals surface area contributed by atoms with Crippen LogP contribution < -0.4 is 14.8 Å². The van der Waals surface area contributed by atoms with Gasteiger partial charge in [0.05, 0.1) is 14.2 Å². The summed E-state index contributed by atoms with van der Waals surface area (Å²) in [5.41, 5.74) is 4.03. The predicted octanol–water partition coefficient (Wildman–Crippen LogP) is 4.74. The van der Waals surface area contributed by atoms with E-state index in [0.717, 1.165) is 53.5 Å². The predicted molar refractivity (Wildman–Crippen MR) is 117 cm³/mol. The number of ether oxygens (including phenoxy) is 2. The van der Waals surface area contributed by atoms with Crippen molar-refractivity contribution in [2.24, 2.45) is 0 Å². The first-order chi connectivity index (χ1) is 14.1. The molecule has 29 heavy (non-hydrogen) atoms. The van der Waals surface area contributed by atoms with E-state index in [1.807, 2.05) is 37.3 Å². The highest BCUT2D eigenvalue weighted by Crippen LogP contribution is 2.28. The third-order valence-electron chi connectivity index (χ3n) is 5.32. The van der Waals surface area contributed by atoms with Gasteiger partial charge in [0.1, 0.15) is 5.69 Å². The number of aryl methyl sites for hydroxylation is 2. The molecule has 1 N–H and O–H groups in total. The number of amides is 1. The van der Waals surface area contributed by atoms with E-state index in [4.69, 9.17) is 9.47 Å². The third-order valence-corrected chi connectivity index (χ3v) is 5.32. The lowest BCUT2D eigenvalue weighted by Crippen LogP contribution is -2.28. The number of nitrogens with zero attached hydrogens (tertiary/aromatic N) is 1. The highest BCUT2D eigenvalue weighted by Gasteiger charge is 2.19. The summed E-state index contributed by atoms with van der Waals surface area (Å²) < 4.78 is 12.8. The second-order valence-electron chi connectivity index (χ2n) is 7.19. The lowest BCUT2D eigenvalue weighted by atomic mass is 10.1. The Morgan fingerprint density at radius 2 is 1.83 bits per heavy atom. The number of carbonyl (C=O) groups is 1. The molecule has 1 heterocycles. The molecule has 5 heteroatoms. The number of carbonyl (C=O) groups excluding carboxylic acids is 1. The molecule has 1 aromatic heterocycles. The molecule has 1 amide bonds. The summed E-state index contributed by atoms with van der Waals surface area (Å²) in [4.78, 5) is 13.1. The number of benzene rings is 2. The fourth-order valence-corrected chi connectivity index (χ4v) is 3.76. The first-order valence-electron chi connectivity index (χ1n) is 10.2. The summed E-state index contributed by atoms with van der Waals surface area (Å²) in [6, 6.07) is 14.1. The largest absolute Gasteiger partial charge is 0.493 e. The van der Waals surface area contributed by atoms with Gasteiger partial charge in [-0.2, -0.15) is 0 Å². The van der Waals surface area contributed by atoms with Gasteiger partial charge in [0.25, 0.3) is 5.91 Å². The number of unbranched alkanes of at least 4 members (excludes halogenated alkanes) is 1. The molecule has 0 aliphatic carbocycles. The first kappa shape index (κ1) is 20.8. The minimum Gasteiger partial charge on any atom is -0.493 e. The SMILES string of the molecule is CCCCn1c(C(=O)NCCc2ccc(OC)c(OC)c2)c(C)c2ccccc21. The molecular weight excluding hydrogens is 364 g/mol. The molecule has 0 saturated carbocycles. The van der Waals surface area contributed by atoms with Crippen molar-refractivity contribution in [1.29, 1.82) is 0 Å². The highest BCUT2D eigenvalue weighted by atomic mass is 16.5. The fraction of sp³-hybridized carbons (Fsp3) is 0.375. The second-order valence-corrected chi connectivity index (χ2v) is 7.19. The number of methoxy groups -OCH3 is 2. The summed E-state index contributed by atoms with van der Waals surface area (Å²) in [6.07, 6.45) is 2.86. The van der Waals surface area contributed by atoms with Crippen LogP contribution in [0.4, 0.5) is 0 Å². The van der Waals surface area contributed by atoms with Crippen LogP contribution in [0.5, 0.6) is 11.5 Å². The molecule has 5 nitrogen and oxygen atoms in total. The van der Waals surface area contributed by atoms with E-state index in [9.17, 15) is 4.79 Å². The molecule has 0 saturated heterocycles. The number of para-hydroxylation sites is 1. The fourth-order valence-electron chi connectivity index (χ4n) is 3.76. The molecule has 0 aliphatic heterocycles. The summed E-state index contributed by atoms with van der Waals surface area (Å²) in [6.45, 7) is 5.61. The van der Waals surface area contributed by atoms with Crippen LogP contribution in [0.3, 0.4) is 0 Å². The van der Waals surface area contributed by atoms with Crippen LogP contribution in [0, 0.1) is 6.92 Å². The van der Waals surface area contributed by atoms with E-state index < -0.39 is 0 Å². The number of rotatable bonds is 9. The Balaban J connectivity index is 1.75. The van der Waals surface area contributed by atoms with Gasteiger partial charge in [-0.3, -0.25) is 4.79 Å². The van der Waals surface area contributed by atoms with Crippen LogP contribution >= 0.6 is 0 Å². The number of nitrogens with one attached hydrogen (secondary N) is 1. The van der Waals surface area contributed by atoms with Gasteiger partial charge in [0, 0.05) is 24.0 Å². The van der Waals surface area contributed by atoms with Gasteiger partial charge < -0.3 is 19.4 Å². The van der Waals surface area contributed by atoms with Crippen LogP contribution in [-0.2, 0) is 13.0 Å². The molecular formula is C24H30N2O3. The Morgan fingerprint density at radius 3 is 2.55 bits per heavy atom. The summed E-state index contributed by atoms with van der Waals surface area (Å²) in [5, 5.41) is 4.25. The zero-order chi connectivity index (χ0) is 20.8. The normalized spacial score (nSPS) is 10.9. The minimum atomic E-state index is -0.0183. The molecule has 0 atom stereocenters. The van der Waals surface area contributed by atoms with Crippen LogP contribution in [-0.4, -0.2) is 31.2 Å². The molecule has 0 unspecified atom stereocenters. The van der Waals surface area contributed by atoms with Gasteiger partial charge >= 0.3 is 0 Å². The Hall–Kier alpha value is -2.95. The maximum Gasteiger partial charge on any atom is 0.268 e. The van der Waals surface area contributed by atoms with Crippen LogP contribution in [0.25, 0.3) is 10.9 Å². The van der Waals surface area contributed by atoms with E-state index in [1.54, 1.807) is 14.2 Å². The van der Waals surface area contributed by atoms with E-state index in [2.05, 4.69) is 28.9 Å². The maximum atomic E-state index is 13.1. The molecule has 0 radical (unpaired) electrons. The van der Waals surface area contributed by atoms with Crippen molar-refractivity contribution in [2.45, 2.75) is 39.7 Å². The molecule has 0 bridgehead atoms. The molecule has 0 spiro atoms. The number of fused-ring (bicyclic) bond motifs is 1. The Bertz CT molecular complexity index is 991. The number of hydrogen-bond donors (Lipinski definition) is 1. The van der Waals surface area contributed by atoms with Gasteiger partial charge in [-0.25, -0.2) is 0 Å². The average molecular weight is 395 g/mol. The Labute approximate surface area is 172 Å². The highest BCUT2D eigenvalue weighted by molar-refractivity contribution is 6.01. The van der Waals surface area contributed by atoms with Crippen molar-refractivity contribution in [3.8, 4) is 11.5 Å². The zero-order valence-electron chi connectivity index (χ0n) is 17.7. The number of aromatic nitrogens is 1. The molecule has 0 aliphatic rings. The van der Waals surface area contributed by atoms with E-state index >= 15 is 0 Å². The van der Waals surface area contributed by atoms with Crippen molar-refractivity contribution in [3.63, 3.8) is 0 Å². The summed E-state index contributed by atoms with van der Waals surface area (Å²) in [5.74, 6) is 1.39. The van der Waals surface area contributed by atoms with Crippen molar-refractivity contribution in [2.75, 3.05) is 20.8 Å². The quantitative estimate of drug-likeness (QED) is 0.570. The van der Waals surface area contributed by atoms with Crippen molar-refractivity contribution < 1.29 is 14.3 Å². The molecule has 2 aromatic carbocycles. The van der Waals surface area contributed by atoms with E-state index in [0.29, 0.717) is 18.0 Å². The van der Waals surface area contributed by atoms with Gasteiger partial charge in [-0.05, 0) is 49.1 Å². The monoisotopic (exact) mass is 394 g/mol. The summed E-state index contributed by atoms with van der Waals surface area (Å²) >= 11 is 0. The lowest BCUT2D eigenvalue weighted by molar-refractivity contribution is 0.0944. The van der Waals surface area contributed by atoms with Crippen LogP contribution in [0.2, 0.25) is 0 Å². The lowest BCUT2D eigenvalue weighted by Gasteiger charge is -2.12. The van der Waals surface area contributed by atoms with Crippen molar-refractivity contribution in [3.05, 3.63) is 59.3 Å². The number of hydrogen-bond acceptors (Lipinski definition) is 3. The van der Waals surface area contributed by atoms with E-state index in [1.165, 1.54) is 0 Å². The first-order valence-corrected chi connectivity index (χ1v) is 10.2. The molecule has 3 aromatic rings.